The molecule has 4 aromatic carbocycles. The third-order valence-electron chi connectivity index (χ3n) is 8.48. The number of aromatic nitrogens is 2. The number of pyridine rings is 2. The van der Waals surface area contributed by atoms with E-state index in [1.54, 1.807) is 17.5 Å². The minimum absolute atomic E-state index is 0. The average molecular weight is 829 g/mol. The van der Waals surface area contributed by atoms with Gasteiger partial charge in [-0.3, -0.25) is 0 Å². The molecular formula is C42H42IrN2SSi-2. The summed E-state index contributed by atoms with van der Waals surface area (Å²) >= 11 is 1.74. The number of hydrogen-bond donors (Lipinski definition) is 0. The number of hydrogen-bond acceptors (Lipinski definition) is 3. The molecule has 7 rings (SSSR count). The molecule has 0 aliphatic carbocycles. The minimum atomic E-state index is -1.27. The van der Waals surface area contributed by atoms with Crippen LogP contribution in [0.15, 0.2) is 97.3 Å². The Morgan fingerprint density at radius 3 is 2.17 bits per heavy atom. The summed E-state index contributed by atoms with van der Waals surface area (Å²) in [5, 5.41) is 6.19. The van der Waals surface area contributed by atoms with Crippen LogP contribution in [0.4, 0.5) is 0 Å². The molecule has 0 aliphatic heterocycles. The molecular weight excluding hydrogens is 785 g/mol. The Bertz CT molecular complexity index is 2260. The molecule has 241 valence electrons. The predicted octanol–water partition coefficient (Wildman–Crippen LogP) is 11.7. The van der Waals surface area contributed by atoms with Crippen LogP contribution >= 0.6 is 11.3 Å². The molecule has 0 fully saturated rings. The van der Waals surface area contributed by atoms with Crippen molar-refractivity contribution in [3.63, 3.8) is 0 Å². The van der Waals surface area contributed by atoms with Gasteiger partial charge in [-0.2, -0.15) is 11.3 Å². The first kappa shape index (κ1) is 32.1. The molecule has 0 amide bonds. The molecule has 0 aliphatic rings. The third kappa shape index (κ3) is 7.19. The van der Waals surface area contributed by atoms with Gasteiger partial charge < -0.3 is 9.97 Å². The molecule has 0 saturated heterocycles. The van der Waals surface area contributed by atoms with Crippen LogP contribution in [-0.4, -0.2) is 18.0 Å². The fourth-order valence-corrected chi connectivity index (χ4v) is 9.10. The van der Waals surface area contributed by atoms with Gasteiger partial charge in [0.2, 0.25) is 0 Å². The molecule has 0 atom stereocenters. The summed E-state index contributed by atoms with van der Waals surface area (Å²) in [6.07, 6.45) is 3.84. The van der Waals surface area contributed by atoms with Gasteiger partial charge in [0, 0.05) is 39.9 Å². The maximum absolute atomic E-state index is 8.69. The summed E-state index contributed by atoms with van der Waals surface area (Å²) in [5.41, 5.74) is 7.24. The second-order valence-electron chi connectivity index (χ2n) is 13.4. The Kier molecular flexibility index (Phi) is 9.79. The Labute approximate surface area is 301 Å². The van der Waals surface area contributed by atoms with Gasteiger partial charge in [-0.05, 0) is 73.8 Å². The monoisotopic (exact) mass is 829 g/mol. The topological polar surface area (TPSA) is 25.8 Å². The van der Waals surface area contributed by atoms with Crippen molar-refractivity contribution in [1.82, 2.24) is 9.97 Å². The number of aryl methyl sites for hydroxylation is 1. The summed E-state index contributed by atoms with van der Waals surface area (Å²) in [7, 11) is -1.27. The summed E-state index contributed by atoms with van der Waals surface area (Å²) in [5.74, 6) is -1.37. The van der Waals surface area contributed by atoms with Crippen molar-refractivity contribution in [3.05, 3.63) is 126 Å². The van der Waals surface area contributed by atoms with Crippen LogP contribution in [0.5, 0.6) is 0 Å². The molecule has 3 aromatic heterocycles. The number of nitrogens with zero attached hydrogens (tertiary/aromatic N) is 2. The second kappa shape index (κ2) is 14.3. The van der Waals surface area contributed by atoms with E-state index >= 15 is 0 Å². The van der Waals surface area contributed by atoms with Gasteiger partial charge in [0.05, 0.1) is 8.07 Å². The van der Waals surface area contributed by atoms with Crippen molar-refractivity contribution >= 4 is 55.5 Å². The second-order valence-corrected chi connectivity index (χ2v) is 19.5. The van der Waals surface area contributed by atoms with Gasteiger partial charge in [0.15, 0.2) is 0 Å². The molecule has 0 spiro atoms. The van der Waals surface area contributed by atoms with Crippen molar-refractivity contribution in [1.29, 1.82) is 0 Å². The van der Waals surface area contributed by atoms with Crippen LogP contribution in [-0.2, 0) is 20.1 Å². The zero-order valence-electron chi connectivity index (χ0n) is 30.4. The van der Waals surface area contributed by atoms with E-state index in [1.807, 2.05) is 64.1 Å². The zero-order chi connectivity index (χ0) is 34.4. The molecule has 7 aromatic rings. The van der Waals surface area contributed by atoms with Gasteiger partial charge in [-0.25, -0.2) is 0 Å². The van der Waals surface area contributed by atoms with Crippen molar-refractivity contribution in [2.24, 2.45) is 0 Å². The standard InChI is InChI=1S/C27H24NS.C15H18NSi.Ir/c1-16(2)18-12-13-28-24(14-18)21-10-7-11-22-26-20-9-6-5-8-19(20)23(17(3)4)15-25(26)29-27(21)22;1-12-10-14(13-8-6-5-7-9-13)16-11-15(12)17(2,3)4;/h5-9,11-17H,1-4H3;5-8,10-11H,1-4H3;/q2*-1;/i16D,17D;;. The molecule has 0 bridgehead atoms. The van der Waals surface area contributed by atoms with Crippen molar-refractivity contribution in [2.75, 3.05) is 0 Å². The van der Waals surface area contributed by atoms with E-state index < -0.39 is 19.9 Å². The van der Waals surface area contributed by atoms with Crippen LogP contribution in [0.25, 0.3) is 53.5 Å². The molecule has 0 unspecified atom stereocenters. The van der Waals surface area contributed by atoms with Crippen LogP contribution in [0, 0.1) is 19.1 Å². The van der Waals surface area contributed by atoms with Crippen LogP contribution in [0.1, 0.15) is 58.9 Å². The van der Waals surface area contributed by atoms with Crippen molar-refractivity contribution in [3.8, 4) is 22.5 Å². The van der Waals surface area contributed by atoms with E-state index in [4.69, 9.17) is 2.74 Å². The maximum atomic E-state index is 8.69. The van der Waals surface area contributed by atoms with Crippen LogP contribution < -0.4 is 5.19 Å². The maximum Gasteiger partial charge on any atom is 0.0798 e. The third-order valence-corrected chi connectivity index (χ3v) is 11.8. The van der Waals surface area contributed by atoms with Gasteiger partial charge in [-0.1, -0.05) is 100 Å². The number of rotatable bonds is 5. The van der Waals surface area contributed by atoms with Gasteiger partial charge in [0.1, 0.15) is 0 Å². The van der Waals surface area contributed by atoms with Crippen LogP contribution in [0.2, 0.25) is 19.6 Å². The first-order valence-electron chi connectivity index (χ1n) is 16.8. The largest absolute Gasteiger partial charge is 0.305 e. The molecule has 0 saturated carbocycles. The van der Waals surface area contributed by atoms with Crippen LogP contribution in [0.3, 0.4) is 0 Å². The molecule has 47 heavy (non-hydrogen) atoms. The molecule has 5 heteroatoms. The molecule has 1 radical (unpaired) electrons. The Hall–Kier alpha value is -3.47. The Balaban J connectivity index is 0.000000221. The number of fused-ring (bicyclic) bond motifs is 5. The first-order chi connectivity index (χ1) is 22.6. The fourth-order valence-electron chi connectivity index (χ4n) is 6.13. The zero-order valence-corrected chi connectivity index (χ0v) is 32.6. The smallest absolute Gasteiger partial charge is 0.0798 e. The van der Waals surface area contributed by atoms with E-state index in [-0.39, 0.29) is 20.1 Å². The molecule has 3 heterocycles. The van der Waals surface area contributed by atoms with Crippen molar-refractivity contribution < 1.29 is 22.8 Å². The van der Waals surface area contributed by atoms with E-state index in [1.165, 1.54) is 31.6 Å². The summed E-state index contributed by atoms with van der Waals surface area (Å²) in [4.78, 5) is 9.20. The summed E-state index contributed by atoms with van der Waals surface area (Å²) in [6.45, 7) is 16.9. The minimum Gasteiger partial charge on any atom is -0.305 e. The van der Waals surface area contributed by atoms with Gasteiger partial charge in [0.25, 0.3) is 0 Å². The summed E-state index contributed by atoms with van der Waals surface area (Å²) < 4.78 is 19.4. The Morgan fingerprint density at radius 1 is 0.766 bits per heavy atom. The predicted molar refractivity (Wildman–Crippen MR) is 203 cm³/mol. The van der Waals surface area contributed by atoms with E-state index in [0.29, 0.717) is 0 Å². The summed E-state index contributed by atoms with van der Waals surface area (Å²) in [6, 6.07) is 35.4. The Morgan fingerprint density at radius 2 is 1.51 bits per heavy atom. The normalized spacial score (nSPS) is 12.7. The van der Waals surface area contributed by atoms with Gasteiger partial charge in [-0.15, -0.1) is 59.7 Å². The number of benzene rings is 4. The van der Waals surface area contributed by atoms with Crippen molar-refractivity contribution in [2.45, 2.75) is 66.0 Å². The quantitative estimate of drug-likeness (QED) is 0.128. The van der Waals surface area contributed by atoms with E-state index in [9.17, 15) is 0 Å². The van der Waals surface area contributed by atoms with Gasteiger partial charge >= 0.3 is 0 Å². The molecule has 2 nitrogen and oxygen atoms in total. The fraction of sp³-hybridized carbons (Fsp3) is 0.238. The van der Waals surface area contributed by atoms with E-state index in [0.717, 1.165) is 43.7 Å². The average Bonchev–Trinajstić information content (AvgIpc) is 3.43. The SMILES string of the molecule is Cc1cc(-c2[c-]cccc2)ncc1[Si](C)(C)C.[2H]C(C)(C)c1ccnc(-c2[c-]ccc3c2sc2cc(C([2H])(C)C)c4ccccc4c23)c1.[Ir]. The number of thiophene rings is 1. The molecule has 0 N–H and O–H groups in total. The first-order valence-corrected chi connectivity index (χ1v) is 20.1. The van der Waals surface area contributed by atoms with E-state index in [2.05, 4.69) is 103 Å².